The van der Waals surface area contributed by atoms with Crippen molar-refractivity contribution < 1.29 is 9.13 Å². The van der Waals surface area contributed by atoms with Crippen LogP contribution >= 0.6 is 0 Å². The number of hydrogen-bond donors (Lipinski definition) is 2. The van der Waals surface area contributed by atoms with Gasteiger partial charge in [-0.2, -0.15) is 5.10 Å². The largest absolute Gasteiger partial charge is 0.382 e. The molecule has 1 aliphatic rings. The summed E-state index contributed by atoms with van der Waals surface area (Å²) in [4.78, 5) is 2.11. The van der Waals surface area contributed by atoms with Crippen molar-refractivity contribution in [2.24, 2.45) is 0 Å². The van der Waals surface area contributed by atoms with Gasteiger partial charge in [0.05, 0.1) is 18.9 Å². The van der Waals surface area contributed by atoms with Crippen LogP contribution in [0.3, 0.4) is 0 Å². The molecule has 1 aliphatic heterocycles. The van der Waals surface area contributed by atoms with Gasteiger partial charge in [0.2, 0.25) is 0 Å². The van der Waals surface area contributed by atoms with Gasteiger partial charge < -0.3 is 15.4 Å². The van der Waals surface area contributed by atoms with E-state index in [2.05, 4.69) is 15.1 Å². The van der Waals surface area contributed by atoms with E-state index in [4.69, 9.17) is 10.5 Å². The molecule has 0 radical (unpaired) electrons. The number of benzene rings is 1. The van der Waals surface area contributed by atoms with Gasteiger partial charge in [-0.25, -0.2) is 4.39 Å². The summed E-state index contributed by atoms with van der Waals surface area (Å²) in [6, 6.07) is 6.47. The van der Waals surface area contributed by atoms with Crippen molar-refractivity contribution >= 4 is 11.5 Å². The Labute approximate surface area is 110 Å². The molecule has 1 aromatic heterocycles. The predicted octanol–water partition coefficient (Wildman–Crippen LogP) is 1.63. The molecule has 1 saturated heterocycles. The number of H-pyrrole nitrogens is 1. The maximum atomic E-state index is 13.5. The zero-order valence-electron chi connectivity index (χ0n) is 10.4. The van der Waals surface area contributed by atoms with Crippen LogP contribution in [0.2, 0.25) is 0 Å². The van der Waals surface area contributed by atoms with E-state index in [1.165, 1.54) is 12.1 Å². The van der Waals surface area contributed by atoms with E-state index in [0.29, 0.717) is 19.0 Å². The van der Waals surface area contributed by atoms with Crippen molar-refractivity contribution in [2.45, 2.75) is 0 Å². The topological polar surface area (TPSA) is 67.2 Å². The Kier molecular flexibility index (Phi) is 3.08. The number of nitrogen functional groups attached to an aromatic ring is 1. The summed E-state index contributed by atoms with van der Waals surface area (Å²) in [7, 11) is 0. The van der Waals surface area contributed by atoms with Crippen LogP contribution in [0, 0.1) is 5.82 Å². The van der Waals surface area contributed by atoms with Crippen LogP contribution in [0.4, 0.5) is 15.9 Å². The number of nitrogens with one attached hydrogen (secondary N) is 1. The monoisotopic (exact) mass is 262 g/mol. The molecule has 0 aliphatic carbocycles. The van der Waals surface area contributed by atoms with Crippen LogP contribution in [-0.2, 0) is 4.74 Å². The number of rotatable bonds is 2. The minimum atomic E-state index is -0.252. The van der Waals surface area contributed by atoms with Gasteiger partial charge in [0.15, 0.2) is 0 Å². The van der Waals surface area contributed by atoms with Crippen LogP contribution in [-0.4, -0.2) is 36.5 Å². The molecule has 2 heterocycles. The molecule has 0 unspecified atom stereocenters. The van der Waals surface area contributed by atoms with Crippen molar-refractivity contribution in [1.82, 2.24) is 10.2 Å². The van der Waals surface area contributed by atoms with Crippen LogP contribution < -0.4 is 10.6 Å². The van der Waals surface area contributed by atoms with E-state index in [-0.39, 0.29) is 5.82 Å². The predicted molar refractivity (Wildman–Crippen MR) is 71.4 cm³/mol. The number of ether oxygens (including phenoxy) is 1. The van der Waals surface area contributed by atoms with E-state index in [9.17, 15) is 4.39 Å². The molecule has 100 valence electrons. The van der Waals surface area contributed by atoms with E-state index in [1.807, 2.05) is 0 Å². The molecule has 0 amide bonds. The van der Waals surface area contributed by atoms with Crippen LogP contribution in [0.15, 0.2) is 24.3 Å². The van der Waals surface area contributed by atoms with Gasteiger partial charge in [-0.1, -0.05) is 0 Å². The van der Waals surface area contributed by atoms with Gasteiger partial charge in [0, 0.05) is 30.4 Å². The van der Waals surface area contributed by atoms with Crippen molar-refractivity contribution in [2.75, 3.05) is 36.9 Å². The summed E-state index contributed by atoms with van der Waals surface area (Å²) in [5.41, 5.74) is 8.15. The number of anilines is 2. The number of aromatic nitrogens is 2. The van der Waals surface area contributed by atoms with Crippen molar-refractivity contribution in [1.29, 1.82) is 0 Å². The van der Waals surface area contributed by atoms with Crippen LogP contribution in [0.5, 0.6) is 0 Å². The SMILES string of the molecule is Nc1cc(-c2ccc(F)cc2N2CCOCC2)[nH]n1. The van der Waals surface area contributed by atoms with E-state index in [1.54, 1.807) is 12.1 Å². The smallest absolute Gasteiger partial charge is 0.145 e. The molecule has 3 rings (SSSR count). The lowest BCUT2D eigenvalue weighted by Gasteiger charge is -2.30. The minimum Gasteiger partial charge on any atom is -0.382 e. The third-order valence-electron chi connectivity index (χ3n) is 3.20. The highest BCUT2D eigenvalue weighted by atomic mass is 19.1. The fourth-order valence-electron chi connectivity index (χ4n) is 2.27. The molecule has 19 heavy (non-hydrogen) atoms. The van der Waals surface area contributed by atoms with E-state index in [0.717, 1.165) is 30.0 Å². The number of hydrogen-bond acceptors (Lipinski definition) is 4. The van der Waals surface area contributed by atoms with Crippen LogP contribution in [0.1, 0.15) is 0 Å². The molecule has 5 nitrogen and oxygen atoms in total. The number of halogens is 1. The highest BCUT2D eigenvalue weighted by molar-refractivity contribution is 5.77. The molecule has 0 spiro atoms. The molecule has 2 aromatic rings. The maximum Gasteiger partial charge on any atom is 0.145 e. The number of nitrogens with zero attached hydrogens (tertiary/aromatic N) is 2. The molecule has 1 aromatic carbocycles. The molecule has 0 saturated carbocycles. The molecule has 0 atom stereocenters. The highest BCUT2D eigenvalue weighted by Crippen LogP contribution is 2.31. The molecule has 3 N–H and O–H groups in total. The summed E-state index contributed by atoms with van der Waals surface area (Å²) in [5, 5.41) is 6.78. The lowest BCUT2D eigenvalue weighted by Crippen LogP contribution is -2.36. The first-order chi connectivity index (χ1) is 9.24. The van der Waals surface area contributed by atoms with Gasteiger partial charge in [0.25, 0.3) is 0 Å². The van der Waals surface area contributed by atoms with Gasteiger partial charge in [-0.05, 0) is 18.2 Å². The first kappa shape index (κ1) is 12.0. The molecular formula is C13H15FN4O. The lowest BCUT2D eigenvalue weighted by atomic mass is 10.1. The van der Waals surface area contributed by atoms with Crippen molar-refractivity contribution in [3.63, 3.8) is 0 Å². The molecule has 0 bridgehead atoms. The fourth-order valence-corrected chi connectivity index (χ4v) is 2.27. The second-order valence-corrected chi connectivity index (χ2v) is 4.47. The van der Waals surface area contributed by atoms with Gasteiger partial charge in [-0.3, -0.25) is 5.10 Å². The molecular weight excluding hydrogens is 247 g/mol. The summed E-state index contributed by atoms with van der Waals surface area (Å²) in [6.07, 6.45) is 0. The quantitative estimate of drug-likeness (QED) is 0.863. The van der Waals surface area contributed by atoms with Crippen LogP contribution in [0.25, 0.3) is 11.3 Å². The summed E-state index contributed by atoms with van der Waals surface area (Å²) in [6.45, 7) is 2.81. The van der Waals surface area contributed by atoms with Crippen molar-refractivity contribution in [3.05, 3.63) is 30.1 Å². The Morgan fingerprint density at radius 2 is 2.05 bits per heavy atom. The lowest BCUT2D eigenvalue weighted by molar-refractivity contribution is 0.122. The second kappa shape index (κ2) is 4.89. The molecule has 6 heteroatoms. The summed E-state index contributed by atoms with van der Waals surface area (Å²) in [5.74, 6) is 0.171. The highest BCUT2D eigenvalue weighted by Gasteiger charge is 2.17. The number of aromatic amines is 1. The van der Waals surface area contributed by atoms with Crippen molar-refractivity contribution in [3.8, 4) is 11.3 Å². The first-order valence-corrected chi connectivity index (χ1v) is 6.17. The Bertz CT molecular complexity index is 578. The Morgan fingerprint density at radius 3 is 2.74 bits per heavy atom. The Balaban J connectivity index is 2.03. The van der Waals surface area contributed by atoms with Gasteiger partial charge in [0.1, 0.15) is 11.6 Å². The van der Waals surface area contributed by atoms with E-state index < -0.39 is 0 Å². The molecule has 1 fully saturated rings. The Morgan fingerprint density at radius 1 is 1.26 bits per heavy atom. The normalized spacial score (nSPS) is 15.7. The fraction of sp³-hybridized carbons (Fsp3) is 0.308. The first-order valence-electron chi connectivity index (χ1n) is 6.17. The third kappa shape index (κ3) is 2.39. The summed E-state index contributed by atoms with van der Waals surface area (Å²) < 4.78 is 18.8. The number of nitrogens with two attached hydrogens (primary N) is 1. The maximum absolute atomic E-state index is 13.5. The third-order valence-corrected chi connectivity index (χ3v) is 3.20. The average molecular weight is 262 g/mol. The summed E-state index contributed by atoms with van der Waals surface area (Å²) >= 11 is 0. The van der Waals surface area contributed by atoms with Gasteiger partial charge in [-0.15, -0.1) is 0 Å². The zero-order valence-corrected chi connectivity index (χ0v) is 10.4. The average Bonchev–Trinajstić information content (AvgIpc) is 2.86. The standard InChI is InChI=1S/C13H15FN4O/c14-9-1-2-10(11-8-13(15)17-16-11)12(7-9)18-3-5-19-6-4-18/h1-2,7-8H,3-6H2,(H3,15,16,17). The Hall–Kier alpha value is -2.08. The zero-order chi connectivity index (χ0) is 13.2. The van der Waals surface area contributed by atoms with Gasteiger partial charge >= 0.3 is 0 Å². The number of morpholine rings is 1. The second-order valence-electron chi connectivity index (χ2n) is 4.47. The minimum absolute atomic E-state index is 0.252. The van der Waals surface area contributed by atoms with E-state index >= 15 is 0 Å².